The lowest BCUT2D eigenvalue weighted by molar-refractivity contribution is 0.158. The fourth-order valence-electron chi connectivity index (χ4n) is 2.53. The molecule has 110 valence electrons. The fourth-order valence-corrected chi connectivity index (χ4v) is 2.53. The van der Waals surface area contributed by atoms with Gasteiger partial charge in [0, 0.05) is 30.7 Å². The number of aromatic nitrogens is 2. The van der Waals surface area contributed by atoms with Gasteiger partial charge in [0.1, 0.15) is 5.82 Å². The molecule has 0 saturated heterocycles. The second-order valence-electron chi connectivity index (χ2n) is 5.05. The number of pyridine rings is 2. The van der Waals surface area contributed by atoms with E-state index in [1.165, 1.54) is 12.1 Å². The fraction of sp³-hybridized carbons (Fsp3) is 0.111. The van der Waals surface area contributed by atoms with Crippen molar-refractivity contribution < 1.29 is 9.50 Å². The summed E-state index contributed by atoms with van der Waals surface area (Å²) in [5.74, 6) is -0.636. The summed E-state index contributed by atoms with van der Waals surface area (Å²) in [6, 6.07) is 13.4. The van der Waals surface area contributed by atoms with E-state index < -0.39 is 6.10 Å². The Hall–Kier alpha value is -2.59. The van der Waals surface area contributed by atoms with Crippen molar-refractivity contribution in [3.8, 4) is 0 Å². The zero-order valence-corrected chi connectivity index (χ0v) is 11.8. The lowest BCUT2D eigenvalue weighted by Gasteiger charge is -2.23. The topological polar surface area (TPSA) is 46.0 Å². The molecule has 2 aromatic heterocycles. The lowest BCUT2D eigenvalue weighted by Crippen LogP contribution is -2.13. The van der Waals surface area contributed by atoms with Crippen LogP contribution in [0.1, 0.15) is 28.7 Å². The molecule has 1 atom stereocenters. The van der Waals surface area contributed by atoms with E-state index in [-0.39, 0.29) is 11.7 Å². The maximum absolute atomic E-state index is 13.1. The van der Waals surface area contributed by atoms with E-state index in [0.717, 1.165) is 11.1 Å². The molecule has 1 unspecified atom stereocenters. The molecule has 0 aliphatic rings. The summed E-state index contributed by atoms with van der Waals surface area (Å²) < 4.78 is 13.1. The first kappa shape index (κ1) is 14.4. The molecular weight excluding hydrogens is 279 g/mol. The molecule has 0 radical (unpaired) electrons. The zero-order valence-electron chi connectivity index (χ0n) is 11.8. The van der Waals surface area contributed by atoms with Gasteiger partial charge in [-0.25, -0.2) is 4.39 Å². The van der Waals surface area contributed by atoms with E-state index in [9.17, 15) is 9.50 Å². The number of nitrogens with zero attached hydrogens (tertiary/aromatic N) is 2. The summed E-state index contributed by atoms with van der Waals surface area (Å²) in [6.45, 7) is 0. The number of halogens is 1. The van der Waals surface area contributed by atoms with E-state index in [1.807, 2.05) is 24.3 Å². The van der Waals surface area contributed by atoms with Gasteiger partial charge in [0.05, 0.1) is 6.10 Å². The zero-order chi connectivity index (χ0) is 15.4. The van der Waals surface area contributed by atoms with Crippen LogP contribution in [0.4, 0.5) is 4.39 Å². The van der Waals surface area contributed by atoms with Crippen LogP contribution < -0.4 is 0 Å². The Balaban J connectivity index is 2.04. The largest absolute Gasteiger partial charge is 0.387 e. The van der Waals surface area contributed by atoms with Gasteiger partial charge in [0.2, 0.25) is 0 Å². The Morgan fingerprint density at radius 2 is 1.32 bits per heavy atom. The molecule has 0 fully saturated rings. The summed E-state index contributed by atoms with van der Waals surface area (Å²) in [6.07, 6.45) is 6.02. The van der Waals surface area contributed by atoms with Crippen molar-refractivity contribution in [2.24, 2.45) is 0 Å². The molecule has 1 N–H and O–H groups in total. The van der Waals surface area contributed by atoms with Gasteiger partial charge in [-0.15, -0.1) is 0 Å². The van der Waals surface area contributed by atoms with Crippen LogP contribution in [0.15, 0.2) is 73.3 Å². The minimum atomic E-state index is -0.811. The number of benzene rings is 1. The van der Waals surface area contributed by atoms with Crippen LogP contribution in [0.5, 0.6) is 0 Å². The summed E-state index contributed by atoms with van der Waals surface area (Å²) >= 11 is 0. The number of aliphatic hydroxyl groups excluding tert-OH is 1. The van der Waals surface area contributed by atoms with Crippen molar-refractivity contribution in [2.45, 2.75) is 12.0 Å². The SMILES string of the molecule is OC(c1ccc(F)cc1)C(c1cccnc1)c1cccnc1. The van der Waals surface area contributed by atoms with Crippen LogP contribution in [0.2, 0.25) is 0 Å². The molecule has 0 spiro atoms. The molecule has 3 aromatic rings. The van der Waals surface area contributed by atoms with Gasteiger partial charge in [-0.2, -0.15) is 0 Å². The first-order valence-electron chi connectivity index (χ1n) is 6.99. The van der Waals surface area contributed by atoms with Crippen LogP contribution in [-0.2, 0) is 0 Å². The number of rotatable bonds is 4. The molecule has 3 nitrogen and oxygen atoms in total. The van der Waals surface area contributed by atoms with Gasteiger partial charge in [0.25, 0.3) is 0 Å². The Morgan fingerprint density at radius 1 is 0.773 bits per heavy atom. The third-order valence-electron chi connectivity index (χ3n) is 3.61. The average molecular weight is 294 g/mol. The molecular formula is C18H15FN2O. The summed E-state index contributed by atoms with van der Waals surface area (Å²) in [5.41, 5.74) is 2.42. The first-order valence-corrected chi connectivity index (χ1v) is 6.99. The molecule has 0 saturated carbocycles. The number of aliphatic hydroxyl groups is 1. The van der Waals surface area contributed by atoms with E-state index in [1.54, 1.807) is 36.9 Å². The van der Waals surface area contributed by atoms with Crippen LogP contribution in [0.25, 0.3) is 0 Å². The maximum Gasteiger partial charge on any atom is 0.123 e. The molecule has 1 aromatic carbocycles. The van der Waals surface area contributed by atoms with Gasteiger partial charge < -0.3 is 5.11 Å². The third-order valence-corrected chi connectivity index (χ3v) is 3.61. The second kappa shape index (κ2) is 6.45. The third kappa shape index (κ3) is 3.02. The Kier molecular flexibility index (Phi) is 4.21. The lowest BCUT2D eigenvalue weighted by atomic mass is 9.85. The molecule has 0 bridgehead atoms. The van der Waals surface area contributed by atoms with Gasteiger partial charge in [-0.3, -0.25) is 9.97 Å². The van der Waals surface area contributed by atoms with E-state index in [0.29, 0.717) is 5.56 Å². The van der Waals surface area contributed by atoms with Crippen LogP contribution >= 0.6 is 0 Å². The smallest absolute Gasteiger partial charge is 0.123 e. The van der Waals surface area contributed by atoms with Crippen molar-refractivity contribution in [1.29, 1.82) is 0 Å². The van der Waals surface area contributed by atoms with Gasteiger partial charge in [-0.05, 0) is 41.0 Å². The van der Waals surface area contributed by atoms with Crippen LogP contribution in [0.3, 0.4) is 0 Å². The summed E-state index contributed by atoms with van der Waals surface area (Å²) in [7, 11) is 0. The Bertz CT molecular complexity index is 678. The van der Waals surface area contributed by atoms with Crippen molar-refractivity contribution in [3.05, 3.63) is 95.8 Å². The standard InChI is InChI=1S/C18H15FN2O/c19-16-7-5-13(6-8-16)18(22)17(14-3-1-9-20-11-14)15-4-2-10-21-12-15/h1-12,17-18,22H. The highest BCUT2D eigenvalue weighted by Gasteiger charge is 2.25. The monoisotopic (exact) mass is 294 g/mol. The summed E-state index contributed by atoms with van der Waals surface area (Å²) in [5, 5.41) is 10.8. The predicted octanol–water partition coefficient (Wildman–Crippen LogP) is 3.48. The molecule has 22 heavy (non-hydrogen) atoms. The molecule has 0 aliphatic heterocycles. The highest BCUT2D eigenvalue weighted by atomic mass is 19.1. The molecule has 4 heteroatoms. The first-order chi connectivity index (χ1) is 10.8. The van der Waals surface area contributed by atoms with Crippen molar-refractivity contribution in [2.75, 3.05) is 0 Å². The Morgan fingerprint density at radius 3 is 1.77 bits per heavy atom. The van der Waals surface area contributed by atoms with Crippen molar-refractivity contribution >= 4 is 0 Å². The minimum Gasteiger partial charge on any atom is -0.387 e. The van der Waals surface area contributed by atoms with Gasteiger partial charge in [-0.1, -0.05) is 24.3 Å². The number of hydrogen-bond donors (Lipinski definition) is 1. The normalized spacial score (nSPS) is 12.3. The predicted molar refractivity (Wildman–Crippen MR) is 81.7 cm³/mol. The Labute approximate surface area is 128 Å². The van der Waals surface area contributed by atoms with E-state index in [4.69, 9.17) is 0 Å². The molecule has 0 aliphatic carbocycles. The highest BCUT2D eigenvalue weighted by molar-refractivity contribution is 5.34. The van der Waals surface area contributed by atoms with E-state index in [2.05, 4.69) is 9.97 Å². The van der Waals surface area contributed by atoms with Crippen molar-refractivity contribution in [1.82, 2.24) is 9.97 Å². The molecule has 2 heterocycles. The van der Waals surface area contributed by atoms with Crippen LogP contribution in [-0.4, -0.2) is 15.1 Å². The highest BCUT2D eigenvalue weighted by Crippen LogP contribution is 2.36. The summed E-state index contributed by atoms with van der Waals surface area (Å²) in [4.78, 5) is 8.26. The quantitative estimate of drug-likeness (QED) is 0.801. The number of hydrogen-bond acceptors (Lipinski definition) is 3. The van der Waals surface area contributed by atoms with Crippen LogP contribution in [0, 0.1) is 5.82 Å². The van der Waals surface area contributed by atoms with E-state index >= 15 is 0 Å². The molecule has 0 amide bonds. The minimum absolute atomic E-state index is 0.312. The van der Waals surface area contributed by atoms with Crippen molar-refractivity contribution in [3.63, 3.8) is 0 Å². The molecule has 3 rings (SSSR count). The average Bonchev–Trinajstić information content (AvgIpc) is 2.57. The second-order valence-corrected chi connectivity index (χ2v) is 5.05. The maximum atomic E-state index is 13.1. The van der Waals surface area contributed by atoms with Gasteiger partial charge >= 0.3 is 0 Å². The van der Waals surface area contributed by atoms with Gasteiger partial charge in [0.15, 0.2) is 0 Å².